The highest BCUT2D eigenvalue weighted by molar-refractivity contribution is 5.25. The molecule has 3 nitrogen and oxygen atoms in total. The molecular weight excluding hydrogens is 360 g/mol. The topological polar surface area (TPSA) is 27.7 Å². The van der Waals surface area contributed by atoms with Crippen molar-refractivity contribution in [2.45, 2.75) is 38.4 Å². The van der Waals surface area contributed by atoms with E-state index in [0.29, 0.717) is 13.2 Å². The lowest BCUT2D eigenvalue weighted by atomic mass is 10.0. The van der Waals surface area contributed by atoms with E-state index in [-0.39, 0.29) is 18.3 Å². The van der Waals surface area contributed by atoms with E-state index in [1.165, 1.54) is 0 Å². The molecule has 1 heterocycles. The fourth-order valence-corrected chi connectivity index (χ4v) is 3.48. The Morgan fingerprint density at radius 3 is 1.90 bits per heavy atom. The normalized spacial score (nSPS) is 21.4. The van der Waals surface area contributed by atoms with E-state index in [9.17, 15) is 0 Å². The highest BCUT2D eigenvalue weighted by atomic mass is 16.6. The molecule has 1 aliphatic rings. The lowest BCUT2D eigenvalue weighted by molar-refractivity contribution is -0.110. The molecule has 0 amide bonds. The third kappa shape index (κ3) is 5.14. The van der Waals surface area contributed by atoms with Gasteiger partial charge in [0.2, 0.25) is 0 Å². The monoisotopic (exact) mass is 386 g/mol. The molecule has 29 heavy (non-hydrogen) atoms. The van der Waals surface area contributed by atoms with Gasteiger partial charge in [-0.2, -0.15) is 0 Å². The molecule has 0 radical (unpaired) electrons. The van der Waals surface area contributed by atoms with Gasteiger partial charge in [-0.05, 0) is 29.7 Å². The second-order valence-corrected chi connectivity index (χ2v) is 7.23. The van der Waals surface area contributed by atoms with Gasteiger partial charge in [-0.15, -0.1) is 0 Å². The van der Waals surface area contributed by atoms with Crippen molar-refractivity contribution in [2.75, 3.05) is 0 Å². The first kappa shape index (κ1) is 19.4. The van der Waals surface area contributed by atoms with Gasteiger partial charge in [0, 0.05) is 0 Å². The minimum Gasteiger partial charge on any atom is -0.491 e. The Morgan fingerprint density at radius 2 is 1.28 bits per heavy atom. The lowest BCUT2D eigenvalue weighted by Gasteiger charge is -2.34. The van der Waals surface area contributed by atoms with Crippen LogP contribution in [-0.4, -0.2) is 12.2 Å². The van der Waals surface area contributed by atoms with Gasteiger partial charge in [-0.1, -0.05) is 91.0 Å². The molecule has 0 bridgehead atoms. The van der Waals surface area contributed by atoms with Gasteiger partial charge in [-0.3, -0.25) is 0 Å². The summed E-state index contributed by atoms with van der Waals surface area (Å²) < 4.78 is 18.8. The second-order valence-electron chi connectivity index (χ2n) is 7.23. The number of hydrogen-bond donors (Lipinski definition) is 0. The fraction of sp³-hybridized carbons (Fsp3) is 0.231. The van der Waals surface area contributed by atoms with Crippen LogP contribution < -0.4 is 0 Å². The van der Waals surface area contributed by atoms with Crippen LogP contribution in [0, 0.1) is 0 Å². The Morgan fingerprint density at radius 1 is 0.724 bits per heavy atom. The second kappa shape index (κ2) is 9.55. The average molecular weight is 386 g/mol. The molecule has 0 spiro atoms. The molecule has 0 unspecified atom stereocenters. The third-order valence-electron chi connectivity index (χ3n) is 5.03. The zero-order valence-electron chi connectivity index (χ0n) is 16.6. The molecule has 0 saturated carbocycles. The molecule has 0 saturated heterocycles. The first-order chi connectivity index (χ1) is 14.3. The fourth-order valence-electron chi connectivity index (χ4n) is 3.48. The summed E-state index contributed by atoms with van der Waals surface area (Å²) in [6.07, 6.45) is 1.53. The maximum Gasteiger partial charge on any atom is 0.140 e. The predicted molar refractivity (Wildman–Crippen MR) is 114 cm³/mol. The van der Waals surface area contributed by atoms with Crippen LogP contribution in [0.5, 0.6) is 0 Å². The van der Waals surface area contributed by atoms with E-state index in [0.717, 1.165) is 22.4 Å². The summed E-state index contributed by atoms with van der Waals surface area (Å²) in [6, 6.07) is 30.6. The summed E-state index contributed by atoms with van der Waals surface area (Å²) in [4.78, 5) is 0. The van der Waals surface area contributed by atoms with E-state index in [2.05, 4.69) is 36.4 Å². The van der Waals surface area contributed by atoms with Crippen LogP contribution in [0.3, 0.4) is 0 Å². The van der Waals surface area contributed by atoms with Crippen molar-refractivity contribution in [3.05, 3.63) is 120 Å². The maximum absolute atomic E-state index is 6.27. The Kier molecular flexibility index (Phi) is 6.40. The Balaban J connectivity index is 1.54. The van der Waals surface area contributed by atoms with Gasteiger partial charge in [0.05, 0.1) is 12.7 Å². The number of ether oxygens (including phenoxy) is 3. The van der Waals surface area contributed by atoms with Crippen LogP contribution in [0.1, 0.15) is 29.7 Å². The van der Waals surface area contributed by atoms with Crippen molar-refractivity contribution in [1.29, 1.82) is 0 Å². The summed E-state index contributed by atoms with van der Waals surface area (Å²) in [5.41, 5.74) is 3.37. The zero-order valence-corrected chi connectivity index (χ0v) is 16.6. The van der Waals surface area contributed by atoms with Crippen molar-refractivity contribution < 1.29 is 14.2 Å². The zero-order chi connectivity index (χ0) is 19.9. The van der Waals surface area contributed by atoms with Crippen LogP contribution in [-0.2, 0) is 27.4 Å². The molecule has 0 fully saturated rings. The van der Waals surface area contributed by atoms with Gasteiger partial charge < -0.3 is 14.2 Å². The van der Waals surface area contributed by atoms with Gasteiger partial charge in [0.15, 0.2) is 0 Å². The van der Waals surface area contributed by atoms with E-state index in [1.807, 2.05) is 67.6 Å². The van der Waals surface area contributed by atoms with Crippen molar-refractivity contribution in [2.24, 2.45) is 0 Å². The standard InChI is InChI=1S/C26H26O3/c1-20-26(28-19-22-13-7-3-8-14-22)25(27-18-21-11-5-2-6-12-21)17-24(29-20)23-15-9-4-10-16-23/h2-17,20,24,26H,18-19H2,1H3/t20-,24-,26-/m1/s1. The summed E-state index contributed by atoms with van der Waals surface area (Å²) in [7, 11) is 0. The summed E-state index contributed by atoms with van der Waals surface area (Å²) >= 11 is 0. The van der Waals surface area contributed by atoms with E-state index in [4.69, 9.17) is 14.2 Å². The summed E-state index contributed by atoms with van der Waals surface area (Å²) in [5.74, 6) is 0.831. The molecule has 4 rings (SSSR count). The predicted octanol–water partition coefficient (Wildman–Crippen LogP) is 5.83. The van der Waals surface area contributed by atoms with Gasteiger partial charge >= 0.3 is 0 Å². The van der Waals surface area contributed by atoms with Crippen molar-refractivity contribution in [3.63, 3.8) is 0 Å². The van der Waals surface area contributed by atoms with Crippen LogP contribution in [0.25, 0.3) is 0 Å². The molecule has 0 aromatic heterocycles. The van der Waals surface area contributed by atoms with Crippen LogP contribution >= 0.6 is 0 Å². The molecule has 0 aliphatic carbocycles. The number of benzene rings is 3. The highest BCUT2D eigenvalue weighted by Crippen LogP contribution is 2.33. The number of hydrogen-bond acceptors (Lipinski definition) is 3. The van der Waals surface area contributed by atoms with Crippen LogP contribution in [0.4, 0.5) is 0 Å². The SMILES string of the molecule is C[C@H]1O[C@@H](c2ccccc2)C=C(OCc2ccccc2)[C@@H]1OCc1ccccc1. The molecule has 3 heteroatoms. The Hall–Kier alpha value is -2.88. The van der Waals surface area contributed by atoms with E-state index >= 15 is 0 Å². The van der Waals surface area contributed by atoms with Gasteiger partial charge in [0.1, 0.15) is 24.6 Å². The van der Waals surface area contributed by atoms with Crippen LogP contribution in [0.15, 0.2) is 103 Å². The van der Waals surface area contributed by atoms with Crippen molar-refractivity contribution >= 4 is 0 Å². The van der Waals surface area contributed by atoms with Crippen LogP contribution in [0.2, 0.25) is 0 Å². The molecule has 3 aromatic carbocycles. The van der Waals surface area contributed by atoms with E-state index < -0.39 is 0 Å². The first-order valence-corrected chi connectivity index (χ1v) is 10.0. The highest BCUT2D eigenvalue weighted by Gasteiger charge is 2.33. The molecule has 0 N–H and O–H groups in total. The van der Waals surface area contributed by atoms with Crippen molar-refractivity contribution in [1.82, 2.24) is 0 Å². The number of rotatable bonds is 7. The minimum atomic E-state index is -0.251. The quantitative estimate of drug-likeness (QED) is 0.511. The molecule has 3 aromatic rings. The Labute approximate surface area is 172 Å². The minimum absolute atomic E-state index is 0.125. The molecule has 3 atom stereocenters. The average Bonchev–Trinajstić information content (AvgIpc) is 2.79. The molecular formula is C26H26O3. The summed E-state index contributed by atoms with van der Waals surface area (Å²) in [5, 5.41) is 0. The Bertz CT molecular complexity index is 906. The maximum atomic E-state index is 6.27. The van der Waals surface area contributed by atoms with E-state index in [1.54, 1.807) is 0 Å². The largest absolute Gasteiger partial charge is 0.491 e. The smallest absolute Gasteiger partial charge is 0.140 e. The van der Waals surface area contributed by atoms with Crippen molar-refractivity contribution in [3.8, 4) is 0 Å². The lowest BCUT2D eigenvalue weighted by Crippen LogP contribution is -2.36. The third-order valence-corrected chi connectivity index (χ3v) is 5.03. The summed E-state index contributed by atoms with van der Waals surface area (Å²) in [6.45, 7) is 3.07. The first-order valence-electron chi connectivity index (χ1n) is 10.0. The van der Waals surface area contributed by atoms with Gasteiger partial charge in [0.25, 0.3) is 0 Å². The molecule has 148 valence electrons. The molecule has 1 aliphatic heterocycles. The van der Waals surface area contributed by atoms with Gasteiger partial charge in [-0.25, -0.2) is 0 Å².